The molecule has 1 aliphatic rings. The van der Waals surface area contributed by atoms with Crippen molar-refractivity contribution in [3.63, 3.8) is 0 Å². The Balaban J connectivity index is 2.06. The van der Waals surface area contributed by atoms with Gasteiger partial charge in [0.15, 0.2) is 11.5 Å². The number of fused-ring (bicyclic) bond motifs is 1. The minimum absolute atomic E-state index is 0.588. The number of benzene rings is 1. The van der Waals surface area contributed by atoms with E-state index in [9.17, 15) is 0 Å². The quantitative estimate of drug-likeness (QED) is 0.834. The van der Waals surface area contributed by atoms with Gasteiger partial charge in [-0.15, -0.1) is 0 Å². The fourth-order valence-corrected chi connectivity index (χ4v) is 2.09. The van der Waals surface area contributed by atoms with Crippen LogP contribution in [0.5, 0.6) is 11.5 Å². The number of hydrogen-bond acceptors (Lipinski definition) is 4. The van der Waals surface area contributed by atoms with Crippen LogP contribution in [-0.4, -0.2) is 18.2 Å². The standard InChI is InChI=1S/C14H14N2O2/c1-9-6-11(15)8-16-14(9)10-2-3-12-13(7-10)18-5-4-17-12/h2-3,6-8H,4-5,15H2,1H3. The molecule has 0 bridgehead atoms. The monoisotopic (exact) mass is 242 g/mol. The Morgan fingerprint density at radius 1 is 1.11 bits per heavy atom. The second-order valence-corrected chi connectivity index (χ2v) is 4.29. The highest BCUT2D eigenvalue weighted by atomic mass is 16.6. The lowest BCUT2D eigenvalue weighted by Gasteiger charge is -2.19. The number of pyridine rings is 1. The summed E-state index contributed by atoms with van der Waals surface area (Å²) in [6.07, 6.45) is 1.67. The van der Waals surface area contributed by atoms with Crippen LogP contribution in [0.3, 0.4) is 0 Å². The first kappa shape index (κ1) is 10.9. The summed E-state index contributed by atoms with van der Waals surface area (Å²) in [4.78, 5) is 4.38. The summed E-state index contributed by atoms with van der Waals surface area (Å²) in [6.45, 7) is 3.19. The molecule has 1 aromatic carbocycles. The molecule has 4 heteroatoms. The summed E-state index contributed by atoms with van der Waals surface area (Å²) in [5.74, 6) is 1.56. The summed E-state index contributed by atoms with van der Waals surface area (Å²) < 4.78 is 11.1. The van der Waals surface area contributed by atoms with Crippen molar-refractivity contribution in [1.29, 1.82) is 0 Å². The zero-order chi connectivity index (χ0) is 12.5. The van der Waals surface area contributed by atoms with Crippen molar-refractivity contribution >= 4 is 5.69 Å². The predicted octanol–water partition coefficient (Wildman–Crippen LogP) is 2.41. The lowest BCUT2D eigenvalue weighted by atomic mass is 10.1. The van der Waals surface area contributed by atoms with E-state index in [0.29, 0.717) is 18.9 Å². The molecule has 0 aliphatic carbocycles. The van der Waals surface area contributed by atoms with Gasteiger partial charge in [-0.05, 0) is 36.8 Å². The maximum Gasteiger partial charge on any atom is 0.162 e. The van der Waals surface area contributed by atoms with Crippen LogP contribution in [0.1, 0.15) is 5.56 Å². The lowest BCUT2D eigenvalue weighted by molar-refractivity contribution is 0.171. The first-order valence-corrected chi connectivity index (χ1v) is 5.86. The van der Waals surface area contributed by atoms with Gasteiger partial charge < -0.3 is 15.2 Å². The van der Waals surface area contributed by atoms with Crippen LogP contribution in [0.15, 0.2) is 30.5 Å². The van der Waals surface area contributed by atoms with E-state index in [1.54, 1.807) is 6.20 Å². The van der Waals surface area contributed by atoms with Gasteiger partial charge in [-0.2, -0.15) is 0 Å². The van der Waals surface area contributed by atoms with Crippen molar-refractivity contribution in [2.45, 2.75) is 6.92 Å². The van der Waals surface area contributed by atoms with Gasteiger partial charge in [-0.25, -0.2) is 0 Å². The highest BCUT2D eigenvalue weighted by molar-refractivity contribution is 5.68. The Labute approximate surface area is 105 Å². The largest absolute Gasteiger partial charge is 0.486 e. The molecule has 1 aromatic heterocycles. The van der Waals surface area contributed by atoms with E-state index in [0.717, 1.165) is 28.3 Å². The third kappa shape index (κ3) is 1.86. The Morgan fingerprint density at radius 3 is 2.67 bits per heavy atom. The highest BCUT2D eigenvalue weighted by Gasteiger charge is 2.13. The van der Waals surface area contributed by atoms with Gasteiger partial charge in [0.2, 0.25) is 0 Å². The summed E-state index contributed by atoms with van der Waals surface area (Å²) >= 11 is 0. The summed E-state index contributed by atoms with van der Waals surface area (Å²) in [6, 6.07) is 7.78. The molecule has 0 saturated heterocycles. The Morgan fingerprint density at radius 2 is 1.89 bits per heavy atom. The van der Waals surface area contributed by atoms with Gasteiger partial charge in [0.05, 0.1) is 17.6 Å². The maximum absolute atomic E-state index is 5.71. The number of rotatable bonds is 1. The number of aromatic nitrogens is 1. The number of anilines is 1. The van der Waals surface area contributed by atoms with Crippen molar-refractivity contribution in [2.24, 2.45) is 0 Å². The van der Waals surface area contributed by atoms with E-state index < -0.39 is 0 Å². The number of nitrogens with two attached hydrogens (primary N) is 1. The molecule has 0 atom stereocenters. The molecule has 18 heavy (non-hydrogen) atoms. The average Bonchev–Trinajstić information content (AvgIpc) is 2.38. The molecule has 1 aliphatic heterocycles. The third-order valence-corrected chi connectivity index (χ3v) is 2.92. The molecule has 0 saturated carbocycles. The minimum atomic E-state index is 0.588. The maximum atomic E-state index is 5.71. The SMILES string of the molecule is Cc1cc(N)cnc1-c1ccc2c(c1)OCCO2. The Bertz CT molecular complexity index is 596. The summed E-state index contributed by atoms with van der Waals surface area (Å²) in [5.41, 5.74) is 9.36. The molecule has 92 valence electrons. The van der Waals surface area contributed by atoms with E-state index in [-0.39, 0.29) is 0 Å². The van der Waals surface area contributed by atoms with E-state index >= 15 is 0 Å². The fourth-order valence-electron chi connectivity index (χ4n) is 2.09. The van der Waals surface area contributed by atoms with Gasteiger partial charge in [0.1, 0.15) is 13.2 Å². The molecule has 0 amide bonds. The molecule has 0 unspecified atom stereocenters. The van der Waals surface area contributed by atoms with Crippen molar-refractivity contribution in [3.05, 3.63) is 36.0 Å². The van der Waals surface area contributed by atoms with Crippen molar-refractivity contribution in [3.8, 4) is 22.8 Å². The molecule has 0 radical (unpaired) electrons. The van der Waals surface area contributed by atoms with Crippen molar-refractivity contribution in [2.75, 3.05) is 18.9 Å². The molecule has 2 N–H and O–H groups in total. The van der Waals surface area contributed by atoms with Crippen molar-refractivity contribution < 1.29 is 9.47 Å². The molecular weight excluding hydrogens is 228 g/mol. The first-order valence-electron chi connectivity index (χ1n) is 5.86. The minimum Gasteiger partial charge on any atom is -0.486 e. The van der Waals surface area contributed by atoms with Gasteiger partial charge >= 0.3 is 0 Å². The fraction of sp³-hybridized carbons (Fsp3) is 0.214. The van der Waals surface area contributed by atoms with Crippen LogP contribution in [0.25, 0.3) is 11.3 Å². The van der Waals surface area contributed by atoms with Gasteiger partial charge in [-0.1, -0.05) is 0 Å². The Kier molecular flexibility index (Phi) is 2.55. The lowest BCUT2D eigenvalue weighted by Crippen LogP contribution is -2.15. The summed E-state index contributed by atoms with van der Waals surface area (Å²) in [7, 11) is 0. The topological polar surface area (TPSA) is 57.4 Å². The molecule has 2 aromatic rings. The highest BCUT2D eigenvalue weighted by Crippen LogP contribution is 2.34. The van der Waals surface area contributed by atoms with Crippen LogP contribution >= 0.6 is 0 Å². The molecule has 3 rings (SSSR count). The van der Waals surface area contributed by atoms with Gasteiger partial charge in [0.25, 0.3) is 0 Å². The average molecular weight is 242 g/mol. The van der Waals surface area contributed by atoms with Gasteiger partial charge in [0, 0.05) is 5.56 Å². The number of nitrogens with zero attached hydrogens (tertiary/aromatic N) is 1. The Hall–Kier alpha value is -2.23. The van der Waals surface area contributed by atoms with Gasteiger partial charge in [-0.3, -0.25) is 4.98 Å². The normalized spacial score (nSPS) is 13.4. The second kappa shape index (κ2) is 4.22. The second-order valence-electron chi connectivity index (χ2n) is 4.29. The van der Waals surface area contributed by atoms with Crippen LogP contribution < -0.4 is 15.2 Å². The smallest absolute Gasteiger partial charge is 0.162 e. The van der Waals surface area contributed by atoms with E-state index in [2.05, 4.69) is 4.98 Å². The molecular formula is C14H14N2O2. The zero-order valence-electron chi connectivity index (χ0n) is 10.1. The van der Waals surface area contributed by atoms with Crippen LogP contribution in [0.4, 0.5) is 5.69 Å². The van der Waals surface area contributed by atoms with E-state index in [1.165, 1.54) is 0 Å². The molecule has 0 fully saturated rings. The van der Waals surface area contributed by atoms with Crippen LogP contribution in [0, 0.1) is 6.92 Å². The number of hydrogen-bond donors (Lipinski definition) is 1. The van der Waals surface area contributed by atoms with Crippen molar-refractivity contribution in [1.82, 2.24) is 4.98 Å². The third-order valence-electron chi connectivity index (χ3n) is 2.92. The summed E-state index contributed by atoms with van der Waals surface area (Å²) in [5, 5.41) is 0. The number of aryl methyl sites for hydroxylation is 1. The molecule has 4 nitrogen and oxygen atoms in total. The number of nitrogen functional groups attached to an aromatic ring is 1. The zero-order valence-corrected chi connectivity index (χ0v) is 10.1. The van der Waals surface area contributed by atoms with E-state index in [1.807, 2.05) is 31.2 Å². The van der Waals surface area contributed by atoms with Crippen LogP contribution in [-0.2, 0) is 0 Å². The molecule has 2 heterocycles. The molecule has 0 spiro atoms. The number of ether oxygens (including phenoxy) is 2. The van der Waals surface area contributed by atoms with Crippen LogP contribution in [0.2, 0.25) is 0 Å². The predicted molar refractivity (Wildman–Crippen MR) is 69.8 cm³/mol. The first-order chi connectivity index (χ1) is 8.74. The van der Waals surface area contributed by atoms with E-state index in [4.69, 9.17) is 15.2 Å².